The van der Waals surface area contributed by atoms with E-state index in [1.165, 1.54) is 32.1 Å². The highest BCUT2D eigenvalue weighted by Gasteiger charge is 2.20. The zero-order valence-electron chi connectivity index (χ0n) is 10.9. The first-order chi connectivity index (χ1) is 8.70. The number of anilines is 2. The van der Waals surface area contributed by atoms with E-state index in [2.05, 4.69) is 18.3 Å². The van der Waals surface area contributed by atoms with E-state index in [1.54, 1.807) is 6.07 Å². The number of nitriles is 1. The highest BCUT2D eigenvalue weighted by molar-refractivity contribution is 5.68. The number of nitrogen functional groups attached to an aromatic ring is 1. The summed E-state index contributed by atoms with van der Waals surface area (Å²) in [5.74, 6) is 0.664. The normalized spacial score (nSPS) is 24.0. The van der Waals surface area contributed by atoms with Crippen LogP contribution >= 0.6 is 0 Å². The molecule has 3 nitrogen and oxygen atoms in total. The first-order valence-corrected chi connectivity index (χ1v) is 6.77. The van der Waals surface area contributed by atoms with Crippen LogP contribution in [-0.2, 0) is 0 Å². The minimum atomic E-state index is 0.476. The fraction of sp³-hybridized carbons (Fsp3) is 0.533. The number of nitrogens with zero attached hydrogens (tertiary/aromatic N) is 1. The second-order valence-electron chi connectivity index (χ2n) is 5.28. The Morgan fingerprint density at radius 3 is 2.83 bits per heavy atom. The van der Waals surface area contributed by atoms with Crippen LogP contribution in [0.3, 0.4) is 0 Å². The topological polar surface area (TPSA) is 61.8 Å². The largest absolute Gasteiger partial charge is 0.397 e. The van der Waals surface area contributed by atoms with Crippen molar-refractivity contribution in [2.45, 2.75) is 45.1 Å². The molecule has 1 aromatic carbocycles. The van der Waals surface area contributed by atoms with Crippen LogP contribution in [0.5, 0.6) is 0 Å². The second kappa shape index (κ2) is 5.77. The summed E-state index contributed by atoms with van der Waals surface area (Å²) in [6.45, 7) is 2.30. The molecule has 0 heterocycles. The van der Waals surface area contributed by atoms with E-state index in [4.69, 9.17) is 11.0 Å². The molecule has 3 heteroatoms. The van der Waals surface area contributed by atoms with Gasteiger partial charge in [0.25, 0.3) is 0 Å². The Balaban J connectivity index is 2.14. The number of hydrogen-bond donors (Lipinski definition) is 2. The van der Waals surface area contributed by atoms with Gasteiger partial charge in [0, 0.05) is 6.04 Å². The van der Waals surface area contributed by atoms with Crippen molar-refractivity contribution in [2.75, 3.05) is 11.1 Å². The van der Waals surface area contributed by atoms with Crippen LogP contribution in [0.15, 0.2) is 18.2 Å². The molecule has 1 fully saturated rings. The lowest BCUT2D eigenvalue weighted by molar-refractivity contribution is 0.457. The maximum atomic E-state index is 8.94. The van der Waals surface area contributed by atoms with Gasteiger partial charge in [-0.25, -0.2) is 0 Å². The van der Waals surface area contributed by atoms with Crippen molar-refractivity contribution in [3.63, 3.8) is 0 Å². The van der Waals surface area contributed by atoms with E-state index >= 15 is 0 Å². The van der Waals surface area contributed by atoms with Crippen molar-refractivity contribution < 1.29 is 0 Å². The van der Waals surface area contributed by atoms with Gasteiger partial charge in [-0.2, -0.15) is 5.26 Å². The molecule has 2 rings (SSSR count). The van der Waals surface area contributed by atoms with Gasteiger partial charge >= 0.3 is 0 Å². The lowest BCUT2D eigenvalue weighted by Crippen LogP contribution is -2.26. The minimum Gasteiger partial charge on any atom is -0.397 e. The number of hydrogen-bond acceptors (Lipinski definition) is 3. The Hall–Kier alpha value is -1.69. The standard InChI is InChI=1S/C15H21N3/c1-11-5-3-2-4-6-14(11)18-15-9-12(10-16)7-8-13(15)17/h7-9,11,14,18H,2-6,17H2,1H3. The molecule has 2 unspecified atom stereocenters. The predicted octanol–water partition coefficient (Wildman–Crippen LogP) is 3.52. The predicted molar refractivity (Wildman–Crippen MR) is 75.2 cm³/mol. The quantitative estimate of drug-likeness (QED) is 0.617. The second-order valence-corrected chi connectivity index (χ2v) is 5.28. The minimum absolute atomic E-state index is 0.476. The summed E-state index contributed by atoms with van der Waals surface area (Å²) in [6, 6.07) is 8.06. The molecule has 0 amide bonds. The van der Waals surface area contributed by atoms with E-state index in [0.717, 1.165) is 11.4 Å². The van der Waals surface area contributed by atoms with Crippen LogP contribution in [-0.4, -0.2) is 6.04 Å². The average Bonchev–Trinajstić information content (AvgIpc) is 2.58. The molecule has 0 aromatic heterocycles. The van der Waals surface area contributed by atoms with Crippen LogP contribution < -0.4 is 11.1 Å². The molecule has 1 aliphatic carbocycles. The molecular weight excluding hydrogens is 222 g/mol. The Morgan fingerprint density at radius 1 is 1.28 bits per heavy atom. The molecule has 0 spiro atoms. The summed E-state index contributed by atoms with van der Waals surface area (Å²) in [7, 11) is 0. The van der Waals surface area contributed by atoms with Crippen molar-refractivity contribution in [3.05, 3.63) is 23.8 Å². The van der Waals surface area contributed by atoms with Gasteiger partial charge in [-0.05, 0) is 37.0 Å². The van der Waals surface area contributed by atoms with Gasteiger partial charge in [-0.15, -0.1) is 0 Å². The highest BCUT2D eigenvalue weighted by Crippen LogP contribution is 2.28. The van der Waals surface area contributed by atoms with Crippen molar-refractivity contribution in [3.8, 4) is 6.07 Å². The highest BCUT2D eigenvalue weighted by atomic mass is 14.9. The molecule has 1 saturated carbocycles. The van der Waals surface area contributed by atoms with Gasteiger partial charge in [0.15, 0.2) is 0 Å². The molecule has 0 saturated heterocycles. The molecule has 0 bridgehead atoms. The fourth-order valence-electron chi connectivity index (χ4n) is 2.66. The number of rotatable bonds is 2. The average molecular weight is 243 g/mol. The maximum Gasteiger partial charge on any atom is 0.0992 e. The third-order valence-electron chi connectivity index (χ3n) is 3.88. The molecule has 1 aliphatic rings. The first kappa shape index (κ1) is 12.8. The number of benzene rings is 1. The van der Waals surface area contributed by atoms with Crippen LogP contribution in [0.1, 0.15) is 44.6 Å². The van der Waals surface area contributed by atoms with Crippen LogP contribution in [0.4, 0.5) is 11.4 Å². The van der Waals surface area contributed by atoms with Crippen molar-refractivity contribution in [2.24, 2.45) is 5.92 Å². The molecule has 0 aliphatic heterocycles. The van der Waals surface area contributed by atoms with Gasteiger partial charge in [0.2, 0.25) is 0 Å². The summed E-state index contributed by atoms with van der Waals surface area (Å²) >= 11 is 0. The van der Waals surface area contributed by atoms with Crippen molar-refractivity contribution in [1.82, 2.24) is 0 Å². The zero-order valence-corrected chi connectivity index (χ0v) is 10.9. The third-order valence-corrected chi connectivity index (χ3v) is 3.88. The Morgan fingerprint density at radius 2 is 2.06 bits per heavy atom. The van der Waals surface area contributed by atoms with E-state index in [0.29, 0.717) is 17.5 Å². The maximum absolute atomic E-state index is 8.94. The molecule has 3 N–H and O–H groups in total. The van der Waals surface area contributed by atoms with Crippen LogP contribution in [0.2, 0.25) is 0 Å². The monoisotopic (exact) mass is 243 g/mol. The van der Waals surface area contributed by atoms with Gasteiger partial charge in [-0.3, -0.25) is 0 Å². The lowest BCUT2D eigenvalue weighted by Gasteiger charge is -2.24. The summed E-state index contributed by atoms with van der Waals surface area (Å²) in [5, 5.41) is 12.5. The fourth-order valence-corrected chi connectivity index (χ4v) is 2.66. The van der Waals surface area contributed by atoms with E-state index in [-0.39, 0.29) is 0 Å². The molecule has 18 heavy (non-hydrogen) atoms. The van der Waals surface area contributed by atoms with E-state index < -0.39 is 0 Å². The summed E-state index contributed by atoms with van der Waals surface area (Å²) in [6.07, 6.45) is 6.40. The van der Waals surface area contributed by atoms with Gasteiger partial charge < -0.3 is 11.1 Å². The Labute approximate surface area is 109 Å². The van der Waals surface area contributed by atoms with Crippen LogP contribution in [0, 0.1) is 17.2 Å². The van der Waals surface area contributed by atoms with E-state index in [9.17, 15) is 0 Å². The Kier molecular flexibility index (Phi) is 4.09. The molecule has 1 aromatic rings. The van der Waals surface area contributed by atoms with E-state index in [1.807, 2.05) is 12.1 Å². The molecule has 96 valence electrons. The summed E-state index contributed by atoms with van der Waals surface area (Å²) in [4.78, 5) is 0. The van der Waals surface area contributed by atoms with Crippen LogP contribution in [0.25, 0.3) is 0 Å². The van der Waals surface area contributed by atoms with Gasteiger partial charge in [-0.1, -0.05) is 26.2 Å². The SMILES string of the molecule is CC1CCCCCC1Nc1cc(C#N)ccc1N. The number of nitrogens with two attached hydrogens (primary N) is 1. The summed E-state index contributed by atoms with van der Waals surface area (Å²) < 4.78 is 0. The zero-order chi connectivity index (χ0) is 13.0. The third kappa shape index (κ3) is 2.95. The summed E-state index contributed by atoms with van der Waals surface area (Å²) in [5.41, 5.74) is 8.27. The number of nitrogens with one attached hydrogen (secondary N) is 1. The van der Waals surface area contributed by atoms with Gasteiger partial charge in [0.05, 0.1) is 23.0 Å². The van der Waals surface area contributed by atoms with Crippen molar-refractivity contribution in [1.29, 1.82) is 5.26 Å². The Bertz CT molecular complexity index is 448. The lowest BCUT2D eigenvalue weighted by atomic mass is 9.96. The molecule has 2 atom stereocenters. The van der Waals surface area contributed by atoms with Crippen molar-refractivity contribution >= 4 is 11.4 Å². The first-order valence-electron chi connectivity index (χ1n) is 6.77. The smallest absolute Gasteiger partial charge is 0.0992 e. The van der Waals surface area contributed by atoms with Gasteiger partial charge in [0.1, 0.15) is 0 Å². The molecule has 0 radical (unpaired) electrons. The molecular formula is C15H21N3.